The molecular weight excluding hydrogens is 590 g/mol. The molecule has 1 saturated heterocycles. The second-order valence-electron chi connectivity index (χ2n) is 12.0. The third-order valence-electron chi connectivity index (χ3n) is 7.19. The van der Waals surface area contributed by atoms with E-state index < -0.39 is 78.4 Å². The number of aliphatic imine (C=N–C) groups is 1. The molecule has 45 heavy (non-hydrogen) atoms. The summed E-state index contributed by atoms with van der Waals surface area (Å²) in [5.41, 5.74) is 16.5. The van der Waals surface area contributed by atoms with E-state index in [0.29, 0.717) is 19.4 Å². The first-order valence-electron chi connectivity index (χ1n) is 15.2. The number of nitrogens with two attached hydrogens (primary N) is 3. The van der Waals surface area contributed by atoms with Crippen LogP contribution in [0.1, 0.15) is 66.7 Å². The van der Waals surface area contributed by atoms with Crippen molar-refractivity contribution in [3.63, 3.8) is 0 Å². The maximum atomic E-state index is 13.5. The number of carbonyl (C=O) groups excluding carboxylic acids is 5. The van der Waals surface area contributed by atoms with Crippen LogP contribution in [0.25, 0.3) is 0 Å². The Hall–Kier alpha value is -3.99. The highest BCUT2D eigenvalue weighted by Gasteiger charge is 2.38. The number of hydrogen-bond acceptors (Lipinski definition) is 9. The Kier molecular flexibility index (Phi) is 16.2. The summed E-state index contributed by atoms with van der Waals surface area (Å²) in [5, 5.41) is 29.3. The SMILES string of the molecule is CC(C)CC(NC(=O)C(CO)NC(=O)C(CCCN=C(N)N)NC(=O)C(NC(=O)C1CCCN1C(=O)C(C)N)C(C)C)C(=O)O. The molecule has 1 heterocycles. The second kappa shape index (κ2) is 18.7. The van der Waals surface area contributed by atoms with E-state index in [1.54, 1.807) is 27.7 Å². The van der Waals surface area contributed by atoms with Crippen molar-refractivity contribution in [3.8, 4) is 0 Å². The standard InChI is InChI=1S/C28H51N9O8/c1-14(2)12-18(27(44)45)34-23(40)19(13-38)35-22(39)17(8-6-10-32-28(30)31)33-25(42)21(15(3)4)36-24(41)20-9-7-11-37(20)26(43)16(5)29/h14-21,38H,6-13,29H2,1-5H3,(H,33,42)(H,34,40)(H,35,39)(H,36,41)(H,44,45)(H4,30,31,32). The monoisotopic (exact) mass is 641 g/mol. The van der Waals surface area contributed by atoms with E-state index in [1.807, 2.05) is 0 Å². The number of guanidine groups is 1. The normalized spacial score (nSPS) is 17.9. The van der Waals surface area contributed by atoms with Crippen LogP contribution in [0.5, 0.6) is 0 Å². The van der Waals surface area contributed by atoms with Gasteiger partial charge >= 0.3 is 5.97 Å². The third kappa shape index (κ3) is 12.9. The number of aliphatic hydroxyl groups excluding tert-OH is 1. The van der Waals surface area contributed by atoms with E-state index in [1.165, 1.54) is 11.8 Å². The zero-order chi connectivity index (χ0) is 34.4. The topological polar surface area (TPSA) is 285 Å². The lowest BCUT2D eigenvalue weighted by Crippen LogP contribution is -2.60. The van der Waals surface area contributed by atoms with Gasteiger partial charge in [-0.05, 0) is 50.9 Å². The number of aliphatic carboxylic acids is 1. The molecule has 0 aromatic carbocycles. The van der Waals surface area contributed by atoms with Gasteiger partial charge in [-0.1, -0.05) is 27.7 Å². The first kappa shape index (κ1) is 39.0. The first-order valence-corrected chi connectivity index (χ1v) is 15.2. The van der Waals surface area contributed by atoms with Crippen molar-refractivity contribution in [3.05, 3.63) is 0 Å². The van der Waals surface area contributed by atoms with E-state index in [0.717, 1.165) is 0 Å². The fourth-order valence-electron chi connectivity index (χ4n) is 4.81. The predicted octanol–water partition coefficient (Wildman–Crippen LogP) is -2.90. The number of rotatable bonds is 18. The third-order valence-corrected chi connectivity index (χ3v) is 7.19. The molecule has 6 atom stereocenters. The fourth-order valence-corrected chi connectivity index (χ4v) is 4.81. The highest BCUT2D eigenvalue weighted by molar-refractivity contribution is 5.96. The van der Waals surface area contributed by atoms with Gasteiger partial charge in [0.15, 0.2) is 5.96 Å². The molecule has 0 aliphatic carbocycles. The van der Waals surface area contributed by atoms with Crippen LogP contribution in [-0.4, -0.2) is 113 Å². The number of nitrogens with one attached hydrogen (secondary N) is 4. The van der Waals surface area contributed by atoms with Crippen LogP contribution in [0.15, 0.2) is 4.99 Å². The van der Waals surface area contributed by atoms with E-state index in [-0.39, 0.29) is 43.6 Å². The van der Waals surface area contributed by atoms with E-state index in [9.17, 15) is 39.0 Å². The molecule has 17 heteroatoms. The fraction of sp³-hybridized carbons (Fsp3) is 0.750. The van der Waals surface area contributed by atoms with Crippen LogP contribution >= 0.6 is 0 Å². The Labute approximate surface area is 263 Å². The number of carboxylic acids is 1. The Balaban J connectivity index is 3.11. The minimum absolute atomic E-state index is 0.0112. The van der Waals surface area contributed by atoms with Crippen molar-refractivity contribution in [1.82, 2.24) is 26.2 Å². The van der Waals surface area contributed by atoms with E-state index >= 15 is 0 Å². The van der Waals surface area contributed by atoms with Gasteiger partial charge in [0.2, 0.25) is 29.5 Å². The molecule has 5 amide bonds. The Morgan fingerprint density at radius 1 is 0.889 bits per heavy atom. The summed E-state index contributed by atoms with van der Waals surface area (Å²) >= 11 is 0. The molecule has 0 bridgehead atoms. The van der Waals surface area contributed by atoms with E-state index in [4.69, 9.17) is 17.2 Å². The Morgan fingerprint density at radius 2 is 1.47 bits per heavy atom. The molecule has 12 N–H and O–H groups in total. The highest BCUT2D eigenvalue weighted by atomic mass is 16.4. The van der Waals surface area contributed by atoms with Gasteiger partial charge in [0.1, 0.15) is 30.2 Å². The number of hydrogen-bond donors (Lipinski definition) is 9. The van der Waals surface area contributed by atoms with Crippen LogP contribution in [0.4, 0.5) is 0 Å². The summed E-state index contributed by atoms with van der Waals surface area (Å²) in [5.74, 6) is -5.29. The van der Waals surface area contributed by atoms with E-state index in [2.05, 4.69) is 26.3 Å². The van der Waals surface area contributed by atoms with Crippen LogP contribution < -0.4 is 38.5 Å². The summed E-state index contributed by atoms with van der Waals surface area (Å²) < 4.78 is 0. The molecule has 0 saturated carbocycles. The van der Waals surface area contributed by atoms with Crippen molar-refractivity contribution in [2.45, 2.75) is 103 Å². The minimum atomic E-state index is -1.51. The van der Waals surface area contributed by atoms with Crippen molar-refractivity contribution in [1.29, 1.82) is 0 Å². The van der Waals surface area contributed by atoms with Crippen LogP contribution in [0.3, 0.4) is 0 Å². The molecule has 0 aromatic heterocycles. The quantitative estimate of drug-likeness (QED) is 0.0415. The number of carboxylic acid groups (broad SMARTS) is 1. The molecule has 17 nitrogen and oxygen atoms in total. The molecule has 1 fully saturated rings. The largest absolute Gasteiger partial charge is 0.480 e. The van der Waals surface area contributed by atoms with Crippen molar-refractivity contribution in [2.75, 3.05) is 19.7 Å². The van der Waals surface area contributed by atoms with Crippen molar-refractivity contribution < 1.29 is 39.0 Å². The second-order valence-corrected chi connectivity index (χ2v) is 12.0. The molecule has 1 aliphatic rings. The van der Waals surface area contributed by atoms with Gasteiger partial charge in [0, 0.05) is 13.1 Å². The van der Waals surface area contributed by atoms with Gasteiger partial charge in [0.25, 0.3) is 0 Å². The summed E-state index contributed by atoms with van der Waals surface area (Å²) in [7, 11) is 0. The average molecular weight is 642 g/mol. The van der Waals surface area contributed by atoms with Gasteiger partial charge in [-0.15, -0.1) is 0 Å². The number of aliphatic hydroxyl groups is 1. The first-order chi connectivity index (χ1) is 21.0. The van der Waals surface area contributed by atoms with Crippen LogP contribution in [0, 0.1) is 11.8 Å². The molecule has 1 rings (SSSR count). The smallest absolute Gasteiger partial charge is 0.326 e. The van der Waals surface area contributed by atoms with Gasteiger partial charge in [-0.3, -0.25) is 29.0 Å². The van der Waals surface area contributed by atoms with Gasteiger partial charge in [0.05, 0.1) is 12.6 Å². The Morgan fingerprint density at radius 3 is 1.98 bits per heavy atom. The zero-order valence-electron chi connectivity index (χ0n) is 26.7. The Bertz CT molecular complexity index is 1080. The molecule has 0 spiro atoms. The summed E-state index contributed by atoms with van der Waals surface area (Å²) in [6.45, 7) is 8.11. The summed E-state index contributed by atoms with van der Waals surface area (Å²) in [4.78, 5) is 82.1. The maximum absolute atomic E-state index is 13.5. The molecule has 1 aliphatic heterocycles. The van der Waals surface area contributed by atoms with Crippen LogP contribution in [0.2, 0.25) is 0 Å². The lowest BCUT2D eigenvalue weighted by molar-refractivity contribution is -0.143. The molecule has 0 radical (unpaired) electrons. The highest BCUT2D eigenvalue weighted by Crippen LogP contribution is 2.19. The number of carbonyl (C=O) groups is 6. The van der Waals surface area contributed by atoms with Gasteiger partial charge in [-0.2, -0.15) is 0 Å². The van der Waals surface area contributed by atoms with Gasteiger partial charge in [-0.25, -0.2) is 4.79 Å². The number of amides is 5. The summed E-state index contributed by atoms with van der Waals surface area (Å²) in [6.07, 6.45) is 1.36. The zero-order valence-corrected chi connectivity index (χ0v) is 26.7. The molecular formula is C28H51N9O8. The predicted molar refractivity (Wildman–Crippen MR) is 165 cm³/mol. The molecule has 6 unspecified atom stereocenters. The molecule has 256 valence electrons. The summed E-state index contributed by atoms with van der Waals surface area (Å²) in [6, 6.07) is -6.70. The average Bonchev–Trinajstić information content (AvgIpc) is 3.44. The van der Waals surface area contributed by atoms with Gasteiger partial charge < -0.3 is 53.6 Å². The lowest BCUT2D eigenvalue weighted by Gasteiger charge is -2.30. The minimum Gasteiger partial charge on any atom is -0.480 e. The lowest BCUT2D eigenvalue weighted by atomic mass is 10.0. The molecule has 0 aromatic rings. The number of likely N-dealkylation sites (tertiary alicyclic amines) is 1. The number of nitrogens with zero attached hydrogens (tertiary/aromatic N) is 2. The van der Waals surface area contributed by atoms with Crippen molar-refractivity contribution in [2.24, 2.45) is 34.0 Å². The van der Waals surface area contributed by atoms with Crippen molar-refractivity contribution >= 4 is 41.5 Å². The van der Waals surface area contributed by atoms with Crippen LogP contribution in [-0.2, 0) is 28.8 Å². The maximum Gasteiger partial charge on any atom is 0.326 e.